The molecule has 288 valence electrons. The molecule has 19 heteroatoms. The molecule has 0 aliphatic rings. The molecule has 0 spiro atoms. The van der Waals surface area contributed by atoms with Crippen LogP contribution in [0.15, 0.2) is 50.4 Å². The van der Waals surface area contributed by atoms with Gasteiger partial charge in [0.2, 0.25) is 29.8 Å². The van der Waals surface area contributed by atoms with E-state index in [9.17, 15) is 24.6 Å². The summed E-state index contributed by atoms with van der Waals surface area (Å²) in [4.78, 5) is 60.2. The molecular formula is C36H40N10O8S. The first-order valence-electron chi connectivity index (χ1n) is 17.4. The van der Waals surface area contributed by atoms with Crippen molar-refractivity contribution >= 4 is 56.4 Å². The second kappa shape index (κ2) is 16.5. The summed E-state index contributed by atoms with van der Waals surface area (Å²) in [6, 6.07) is 4.64. The van der Waals surface area contributed by atoms with Gasteiger partial charge in [-0.1, -0.05) is 37.3 Å². The van der Waals surface area contributed by atoms with Crippen LogP contribution in [-0.2, 0) is 25.9 Å². The Labute approximate surface area is 317 Å². The van der Waals surface area contributed by atoms with Crippen LogP contribution in [0.25, 0.3) is 21.4 Å². The molecule has 0 aliphatic heterocycles. The summed E-state index contributed by atoms with van der Waals surface area (Å²) in [5.41, 5.74) is 13.8. The highest BCUT2D eigenvalue weighted by Crippen LogP contribution is 2.31. The molecule has 0 bridgehead atoms. The number of pyridine rings is 1. The third-order valence-electron chi connectivity index (χ3n) is 8.41. The lowest BCUT2D eigenvalue weighted by Crippen LogP contribution is -2.18. The summed E-state index contributed by atoms with van der Waals surface area (Å²) < 4.78 is 21.4. The largest absolute Gasteiger partial charge is 0.491 e. The second-order valence-electron chi connectivity index (χ2n) is 12.3. The number of aryl methyl sites for hydroxylation is 4. The van der Waals surface area contributed by atoms with Crippen LogP contribution >= 0.6 is 11.3 Å². The number of nitrogens with zero attached hydrogens (tertiary/aromatic N) is 7. The molecule has 6 rings (SSSR count). The van der Waals surface area contributed by atoms with Crippen molar-refractivity contribution < 1.29 is 38.2 Å². The minimum Gasteiger partial charge on any atom is -0.491 e. The van der Waals surface area contributed by atoms with E-state index < -0.39 is 23.9 Å². The van der Waals surface area contributed by atoms with E-state index in [0.29, 0.717) is 74.4 Å². The van der Waals surface area contributed by atoms with Crippen LogP contribution in [-0.4, -0.2) is 70.2 Å². The molecule has 7 N–H and O–H groups in total. The van der Waals surface area contributed by atoms with Crippen molar-refractivity contribution in [1.82, 2.24) is 29.1 Å². The van der Waals surface area contributed by atoms with Gasteiger partial charge in [-0.3, -0.25) is 24.3 Å². The van der Waals surface area contributed by atoms with Crippen molar-refractivity contribution in [2.75, 3.05) is 18.5 Å². The lowest BCUT2D eigenvalue weighted by molar-refractivity contribution is 0.0987. The molecule has 18 nitrogen and oxygen atoms in total. The molecule has 0 radical (unpaired) electrons. The van der Waals surface area contributed by atoms with E-state index in [1.54, 1.807) is 29.0 Å². The Bertz CT molecular complexity index is 2510. The number of aromatic nitrogens is 6. The number of nitrogens with two attached hydrogens (primary N) is 2. The van der Waals surface area contributed by atoms with Crippen LogP contribution in [0.4, 0.5) is 5.95 Å². The Hall–Kier alpha value is -6.18. The van der Waals surface area contributed by atoms with E-state index in [1.807, 2.05) is 26.0 Å². The molecule has 0 aliphatic carbocycles. The number of benzene rings is 1. The van der Waals surface area contributed by atoms with E-state index in [-0.39, 0.29) is 54.9 Å². The number of nitrogens with one attached hydrogen (secondary N) is 1. The molecule has 1 atom stereocenters. The molecule has 6 aromatic rings. The number of hydrogen-bond acceptors (Lipinski definition) is 14. The zero-order valence-electron chi connectivity index (χ0n) is 30.5. The summed E-state index contributed by atoms with van der Waals surface area (Å²) in [5.74, 6) is -0.420. The molecule has 1 unspecified atom stereocenters. The number of carbonyl (C=O) groups excluding carboxylic acids is 3. The highest BCUT2D eigenvalue weighted by Gasteiger charge is 2.23. The minimum atomic E-state index is -1.39. The first kappa shape index (κ1) is 38.5. The Balaban J connectivity index is 1.40. The number of thiazole rings is 1. The average Bonchev–Trinajstić information content (AvgIpc) is 3.92. The highest BCUT2D eigenvalue weighted by molar-refractivity contribution is 7.16. The van der Waals surface area contributed by atoms with E-state index >= 15 is 0 Å². The van der Waals surface area contributed by atoms with Crippen molar-refractivity contribution in [2.45, 2.75) is 66.3 Å². The Morgan fingerprint density at radius 2 is 1.67 bits per heavy atom. The van der Waals surface area contributed by atoms with E-state index in [0.717, 1.165) is 0 Å². The third-order valence-corrected chi connectivity index (χ3v) is 9.45. The number of primary amides is 2. The first-order valence-corrected chi connectivity index (χ1v) is 18.2. The number of aliphatic hydroxyl groups is 2. The molecule has 0 saturated heterocycles. The molecule has 5 heterocycles. The Morgan fingerprint density at radius 1 is 0.982 bits per heavy atom. The van der Waals surface area contributed by atoms with Gasteiger partial charge in [-0.15, -0.1) is 0 Å². The maximum absolute atomic E-state index is 13.4. The number of amides is 3. The number of hydrogen-bond donors (Lipinski definition) is 5. The van der Waals surface area contributed by atoms with Gasteiger partial charge in [-0.05, 0) is 31.0 Å². The summed E-state index contributed by atoms with van der Waals surface area (Å²) in [6.45, 7) is 7.49. The fraction of sp³-hybridized carbons (Fsp3) is 0.333. The van der Waals surface area contributed by atoms with Gasteiger partial charge in [0.25, 0.3) is 5.91 Å². The van der Waals surface area contributed by atoms with Crippen LogP contribution in [0.5, 0.6) is 5.75 Å². The quantitative estimate of drug-likeness (QED) is 0.0701. The van der Waals surface area contributed by atoms with E-state index in [4.69, 9.17) is 25.0 Å². The Kier molecular flexibility index (Phi) is 11.5. The van der Waals surface area contributed by atoms with Crippen LogP contribution in [0, 0.1) is 13.8 Å². The number of allylic oxidation sites excluding steroid dienone is 2. The van der Waals surface area contributed by atoms with Crippen LogP contribution < -0.4 is 26.3 Å². The zero-order valence-corrected chi connectivity index (χ0v) is 31.3. The smallest absolute Gasteiger partial charge is 0.295 e. The number of rotatable bonds is 16. The van der Waals surface area contributed by atoms with Crippen molar-refractivity contribution in [3.63, 3.8) is 0 Å². The molecule has 5 aromatic heterocycles. The van der Waals surface area contributed by atoms with E-state index in [1.165, 1.54) is 29.7 Å². The first-order chi connectivity index (χ1) is 26.4. The summed E-state index contributed by atoms with van der Waals surface area (Å²) in [6.07, 6.45) is 4.91. The van der Waals surface area contributed by atoms with Crippen molar-refractivity contribution in [3.05, 3.63) is 87.2 Å². The van der Waals surface area contributed by atoms with Gasteiger partial charge >= 0.3 is 0 Å². The number of fused-ring (bicyclic) bond motifs is 2. The van der Waals surface area contributed by atoms with Crippen LogP contribution in [0.3, 0.4) is 0 Å². The van der Waals surface area contributed by atoms with Crippen molar-refractivity contribution in [1.29, 1.82) is 0 Å². The number of oxazole rings is 2. The number of ether oxygens (including phenoxy) is 1. The predicted molar refractivity (Wildman–Crippen MR) is 200 cm³/mol. The SMILES string of the molecule is CCc1nc(C)oc1C(=O)Nc1nc2cc(C(N)=O)cnc2n1C/C=C/Cn1c(=NC(O)c2oc(C)nc2CC)sc2cc(C(N)=O)cc(OCCCO)c21. The maximum atomic E-state index is 13.4. The van der Waals surface area contributed by atoms with Crippen molar-refractivity contribution in [2.24, 2.45) is 16.5 Å². The van der Waals surface area contributed by atoms with E-state index in [2.05, 4.69) is 30.2 Å². The second-order valence-corrected chi connectivity index (χ2v) is 13.3. The Morgan fingerprint density at radius 3 is 2.36 bits per heavy atom. The predicted octanol–water partition coefficient (Wildman–Crippen LogP) is 3.22. The van der Waals surface area contributed by atoms with Gasteiger partial charge in [0.15, 0.2) is 28.0 Å². The molecule has 3 amide bonds. The van der Waals surface area contributed by atoms with Gasteiger partial charge in [-0.2, -0.15) is 0 Å². The normalized spacial score (nSPS) is 12.7. The standard InChI is InChI=1S/C36H40N10O8S/c1-5-22-28(53-18(3)40-22)33(50)43-35-42-24-14-21(31(38)49)17-39-32(24)46(35)11-8-7-10-45-27-25(52-13-9-12-47)15-20(30(37)48)16-26(27)55-36(45)44-34(51)29-23(6-2)41-19(4)54-29/h7-8,14-17,34,47,51H,5-6,9-13H2,1-4H3,(H2,37,48)(H2,38,49)(H,42,43,50)/b8-7+,44-36?. The molecule has 1 aromatic carbocycles. The third kappa shape index (κ3) is 8.17. The van der Waals surface area contributed by atoms with Gasteiger partial charge in [-0.25, -0.2) is 24.9 Å². The monoisotopic (exact) mass is 772 g/mol. The van der Waals surface area contributed by atoms with Gasteiger partial charge in [0.1, 0.15) is 16.8 Å². The molecule has 0 fully saturated rings. The minimum absolute atomic E-state index is 0.0576. The summed E-state index contributed by atoms with van der Waals surface area (Å²) in [5, 5.41) is 23.4. The molecule has 55 heavy (non-hydrogen) atoms. The number of carbonyl (C=O) groups is 3. The zero-order chi connectivity index (χ0) is 39.4. The van der Waals surface area contributed by atoms with Gasteiger partial charge in [0, 0.05) is 51.7 Å². The topological polar surface area (TPSA) is 265 Å². The number of anilines is 1. The highest BCUT2D eigenvalue weighted by atomic mass is 32.1. The van der Waals surface area contributed by atoms with Crippen LogP contribution in [0.2, 0.25) is 0 Å². The fourth-order valence-electron chi connectivity index (χ4n) is 5.86. The fourth-order valence-corrected chi connectivity index (χ4v) is 6.98. The molecule has 0 saturated carbocycles. The molecular weight excluding hydrogens is 733 g/mol. The number of imidazole rings is 1. The van der Waals surface area contributed by atoms with Gasteiger partial charge in [0.05, 0.1) is 28.3 Å². The van der Waals surface area contributed by atoms with Crippen LogP contribution in [0.1, 0.15) is 86.7 Å². The summed E-state index contributed by atoms with van der Waals surface area (Å²) >= 11 is 1.20. The summed E-state index contributed by atoms with van der Waals surface area (Å²) in [7, 11) is 0. The van der Waals surface area contributed by atoms with Gasteiger partial charge < -0.3 is 39.8 Å². The maximum Gasteiger partial charge on any atom is 0.295 e. The average molecular weight is 773 g/mol. The van der Waals surface area contributed by atoms with Crippen molar-refractivity contribution in [3.8, 4) is 5.75 Å². The lowest BCUT2D eigenvalue weighted by Gasteiger charge is -2.11. The number of aliphatic hydroxyl groups excluding tert-OH is 2. The lowest BCUT2D eigenvalue weighted by atomic mass is 10.2.